The maximum atomic E-state index is 8.84. The van der Waals surface area contributed by atoms with Gasteiger partial charge in [-0.2, -0.15) is 5.26 Å². The summed E-state index contributed by atoms with van der Waals surface area (Å²) in [4.78, 5) is 8.36. The third-order valence-corrected chi connectivity index (χ3v) is 3.08. The minimum absolute atomic E-state index is 0.425. The van der Waals surface area contributed by atoms with Gasteiger partial charge in [0.1, 0.15) is 17.4 Å². The Balaban J connectivity index is 2.58. The van der Waals surface area contributed by atoms with E-state index in [9.17, 15) is 0 Å². The Morgan fingerprint density at radius 2 is 2.19 bits per heavy atom. The first-order valence-corrected chi connectivity index (χ1v) is 5.23. The summed E-state index contributed by atoms with van der Waals surface area (Å²) in [5.74, 6) is 0. The van der Waals surface area contributed by atoms with Crippen LogP contribution in [0.15, 0.2) is 30.6 Å². The summed E-state index contributed by atoms with van der Waals surface area (Å²) < 4.78 is 1.90. The summed E-state index contributed by atoms with van der Waals surface area (Å²) in [6.45, 7) is 0. The summed E-state index contributed by atoms with van der Waals surface area (Å²) >= 11 is 0. The molecule has 76 valence electrons. The van der Waals surface area contributed by atoms with Crippen LogP contribution in [0.2, 0.25) is 0 Å². The van der Waals surface area contributed by atoms with Gasteiger partial charge in [-0.15, -0.1) is 0 Å². The number of fused-ring (bicyclic) bond motifs is 3. The third kappa shape index (κ3) is 1.13. The van der Waals surface area contributed by atoms with Crippen molar-refractivity contribution < 1.29 is 0 Å². The second-order valence-corrected chi connectivity index (χ2v) is 3.96. The van der Waals surface area contributed by atoms with Crippen molar-refractivity contribution in [2.75, 3.05) is 0 Å². The lowest BCUT2D eigenvalue weighted by Crippen LogP contribution is -1.83. The highest BCUT2D eigenvalue weighted by Gasteiger charge is 2.09. The topological polar surface area (TPSA) is 54.5 Å². The second-order valence-electron chi connectivity index (χ2n) is 3.44. The van der Waals surface area contributed by atoms with E-state index in [1.165, 1.54) is 0 Å². The summed E-state index contributed by atoms with van der Waals surface area (Å²) in [6.07, 6.45) is 3.45. The van der Waals surface area contributed by atoms with Gasteiger partial charge < -0.3 is 4.34 Å². The molecule has 0 spiro atoms. The van der Waals surface area contributed by atoms with Crippen molar-refractivity contribution in [3.05, 3.63) is 36.3 Å². The van der Waals surface area contributed by atoms with Crippen LogP contribution in [0.5, 0.6) is 0 Å². The predicted molar refractivity (Wildman–Crippen MR) is 64.9 cm³/mol. The largest absolute Gasteiger partial charge is 0.308 e. The highest BCUT2D eigenvalue weighted by molar-refractivity contribution is 7.15. The SMILES string of the molecule is N#Cc1cc2c3cccnc3n(P)c2cn1. The minimum atomic E-state index is 0.425. The van der Waals surface area contributed by atoms with Gasteiger partial charge in [-0.1, -0.05) is 0 Å². The highest BCUT2D eigenvalue weighted by Crippen LogP contribution is 2.28. The standard InChI is InChI=1S/C11H7N4P/c12-5-7-4-9-8-2-1-3-13-11(8)15(16)10(9)6-14-7/h1-4,6H,16H2. The second kappa shape index (κ2) is 3.26. The van der Waals surface area contributed by atoms with E-state index in [1.807, 2.05) is 22.5 Å². The molecule has 0 aliphatic carbocycles. The average molecular weight is 226 g/mol. The Morgan fingerprint density at radius 3 is 3.00 bits per heavy atom. The Morgan fingerprint density at radius 1 is 1.31 bits per heavy atom. The fourth-order valence-electron chi connectivity index (χ4n) is 1.83. The Bertz CT molecular complexity index is 739. The lowest BCUT2D eigenvalue weighted by Gasteiger charge is -1.94. The van der Waals surface area contributed by atoms with Gasteiger partial charge in [0, 0.05) is 17.0 Å². The molecule has 0 aliphatic heterocycles. The molecule has 0 aromatic carbocycles. The van der Waals surface area contributed by atoms with Crippen LogP contribution in [-0.4, -0.2) is 14.3 Å². The summed E-state index contributed by atoms with van der Waals surface area (Å²) in [5, 5.41) is 10.9. The first-order valence-electron chi connectivity index (χ1n) is 4.71. The van der Waals surface area contributed by atoms with Gasteiger partial charge in [-0.3, -0.25) is 0 Å². The summed E-state index contributed by atoms with van der Waals surface area (Å²) in [6, 6.07) is 7.72. The van der Waals surface area contributed by atoms with Gasteiger partial charge >= 0.3 is 0 Å². The van der Waals surface area contributed by atoms with Crippen molar-refractivity contribution in [2.45, 2.75) is 0 Å². The Hall–Kier alpha value is -1.98. The molecule has 1 atom stereocenters. The number of hydrogen-bond acceptors (Lipinski definition) is 3. The maximum absolute atomic E-state index is 8.84. The van der Waals surface area contributed by atoms with Gasteiger partial charge in [0.05, 0.1) is 11.7 Å². The molecule has 0 aliphatic rings. The highest BCUT2D eigenvalue weighted by atomic mass is 31.0. The molecule has 0 saturated carbocycles. The predicted octanol–water partition coefficient (Wildman–Crippen LogP) is 2.09. The van der Waals surface area contributed by atoms with E-state index in [0.717, 1.165) is 21.9 Å². The number of hydrogen-bond donors (Lipinski definition) is 0. The molecule has 3 aromatic rings. The van der Waals surface area contributed by atoms with Crippen LogP contribution in [0.1, 0.15) is 5.69 Å². The first-order chi connectivity index (χ1) is 7.81. The van der Waals surface area contributed by atoms with Gasteiger partial charge in [-0.25, -0.2) is 9.97 Å². The van der Waals surface area contributed by atoms with Crippen LogP contribution >= 0.6 is 9.39 Å². The van der Waals surface area contributed by atoms with Crippen molar-refractivity contribution >= 4 is 31.3 Å². The number of rotatable bonds is 0. The average Bonchev–Trinajstić information content (AvgIpc) is 2.64. The smallest absolute Gasteiger partial charge is 0.143 e. The molecule has 1 unspecified atom stereocenters. The van der Waals surface area contributed by atoms with Crippen LogP contribution < -0.4 is 0 Å². The van der Waals surface area contributed by atoms with E-state index in [-0.39, 0.29) is 0 Å². The van der Waals surface area contributed by atoms with E-state index < -0.39 is 0 Å². The maximum Gasteiger partial charge on any atom is 0.143 e. The molecule has 5 heteroatoms. The Labute approximate surface area is 93.8 Å². The van der Waals surface area contributed by atoms with Crippen LogP contribution in [-0.2, 0) is 0 Å². The molecule has 0 fully saturated rings. The summed E-state index contributed by atoms with van der Waals surface area (Å²) in [5.41, 5.74) is 2.26. The zero-order valence-electron chi connectivity index (χ0n) is 8.25. The van der Waals surface area contributed by atoms with E-state index in [4.69, 9.17) is 5.26 Å². The fraction of sp³-hybridized carbons (Fsp3) is 0. The van der Waals surface area contributed by atoms with Crippen LogP contribution in [0.4, 0.5) is 0 Å². The molecular weight excluding hydrogens is 219 g/mol. The van der Waals surface area contributed by atoms with Crippen molar-refractivity contribution in [2.24, 2.45) is 0 Å². The normalized spacial score (nSPS) is 10.8. The van der Waals surface area contributed by atoms with Crippen LogP contribution in [0, 0.1) is 11.3 Å². The van der Waals surface area contributed by atoms with E-state index >= 15 is 0 Å². The summed E-state index contributed by atoms with van der Waals surface area (Å²) in [7, 11) is 2.61. The van der Waals surface area contributed by atoms with Crippen LogP contribution in [0.25, 0.3) is 21.9 Å². The molecule has 3 heterocycles. The van der Waals surface area contributed by atoms with E-state index in [0.29, 0.717) is 5.69 Å². The van der Waals surface area contributed by atoms with E-state index in [1.54, 1.807) is 18.5 Å². The molecule has 0 amide bonds. The number of pyridine rings is 2. The van der Waals surface area contributed by atoms with Crippen molar-refractivity contribution in [1.82, 2.24) is 14.3 Å². The molecule has 3 rings (SSSR count). The zero-order chi connectivity index (χ0) is 11.1. The molecule has 3 aromatic heterocycles. The van der Waals surface area contributed by atoms with E-state index in [2.05, 4.69) is 19.4 Å². The number of aromatic nitrogens is 3. The van der Waals surface area contributed by atoms with Gasteiger partial charge in [-0.05, 0) is 27.6 Å². The van der Waals surface area contributed by atoms with Crippen LogP contribution in [0.3, 0.4) is 0 Å². The van der Waals surface area contributed by atoms with Crippen molar-refractivity contribution in [3.8, 4) is 6.07 Å². The quantitative estimate of drug-likeness (QED) is 0.551. The molecule has 0 radical (unpaired) electrons. The third-order valence-electron chi connectivity index (χ3n) is 2.56. The lowest BCUT2D eigenvalue weighted by molar-refractivity contribution is 1.25. The molecule has 4 nitrogen and oxygen atoms in total. The fourth-order valence-corrected chi connectivity index (χ4v) is 2.24. The Kier molecular flexibility index (Phi) is 1.89. The molecule has 16 heavy (non-hydrogen) atoms. The van der Waals surface area contributed by atoms with Crippen molar-refractivity contribution in [1.29, 1.82) is 5.26 Å². The molecular formula is C11H7N4P. The molecule has 0 bridgehead atoms. The monoisotopic (exact) mass is 226 g/mol. The van der Waals surface area contributed by atoms with Gasteiger partial charge in [0.15, 0.2) is 0 Å². The zero-order valence-corrected chi connectivity index (χ0v) is 9.41. The van der Waals surface area contributed by atoms with Crippen molar-refractivity contribution in [3.63, 3.8) is 0 Å². The van der Waals surface area contributed by atoms with Gasteiger partial charge in [0.2, 0.25) is 0 Å². The molecule has 0 saturated heterocycles. The number of nitrogens with zero attached hydrogens (tertiary/aromatic N) is 4. The first kappa shape index (κ1) is 9.26. The molecule has 0 N–H and O–H groups in total. The lowest BCUT2D eigenvalue weighted by atomic mass is 10.2. The number of nitriles is 1. The minimum Gasteiger partial charge on any atom is -0.308 e. The van der Waals surface area contributed by atoms with Gasteiger partial charge in [0.25, 0.3) is 0 Å².